The monoisotopic (exact) mass is 295 g/mol. The molecule has 0 bridgehead atoms. The van der Waals surface area contributed by atoms with E-state index in [1.807, 2.05) is 44.4 Å². The van der Waals surface area contributed by atoms with Crippen molar-refractivity contribution >= 4 is 23.5 Å². The molecule has 20 heavy (non-hydrogen) atoms. The van der Waals surface area contributed by atoms with Crippen molar-refractivity contribution in [3.05, 3.63) is 29.8 Å². The number of amides is 1. The zero-order valence-electron chi connectivity index (χ0n) is 12.0. The van der Waals surface area contributed by atoms with E-state index in [1.54, 1.807) is 16.7 Å². The number of oxime groups is 1. The van der Waals surface area contributed by atoms with Gasteiger partial charge in [0, 0.05) is 23.9 Å². The lowest BCUT2D eigenvalue weighted by molar-refractivity contribution is 0.0750. The van der Waals surface area contributed by atoms with Gasteiger partial charge in [-0.05, 0) is 25.3 Å². The molecule has 0 aromatic heterocycles. The Hall–Kier alpha value is -1.69. The van der Waals surface area contributed by atoms with Crippen LogP contribution in [0.3, 0.4) is 0 Å². The van der Waals surface area contributed by atoms with E-state index in [4.69, 9.17) is 10.9 Å². The predicted molar refractivity (Wildman–Crippen MR) is 82.4 cm³/mol. The summed E-state index contributed by atoms with van der Waals surface area (Å²) in [6.45, 7) is 4.74. The standard InChI is InChI=1S/C14H21N3O2S/c1-4-17(9-10(2)13(15)16-19)14(18)11-7-5-6-8-12(11)20-3/h5-8,10,19H,4,9H2,1-3H3,(H2,15,16). The molecule has 0 saturated heterocycles. The zero-order chi connectivity index (χ0) is 15.1. The molecule has 1 aromatic rings. The van der Waals surface area contributed by atoms with Crippen LogP contribution >= 0.6 is 11.8 Å². The molecule has 0 aliphatic heterocycles. The molecule has 1 unspecified atom stereocenters. The molecule has 5 nitrogen and oxygen atoms in total. The summed E-state index contributed by atoms with van der Waals surface area (Å²) >= 11 is 1.55. The van der Waals surface area contributed by atoms with Crippen molar-refractivity contribution in [2.75, 3.05) is 19.3 Å². The molecule has 0 heterocycles. The predicted octanol–water partition coefficient (Wildman–Crippen LogP) is 2.25. The molecule has 0 saturated carbocycles. The van der Waals surface area contributed by atoms with Crippen LogP contribution in [0.5, 0.6) is 0 Å². The molecule has 1 atom stereocenters. The third-order valence-electron chi connectivity index (χ3n) is 3.12. The zero-order valence-corrected chi connectivity index (χ0v) is 12.9. The van der Waals surface area contributed by atoms with Crippen LogP contribution in [0.1, 0.15) is 24.2 Å². The number of hydrogen-bond acceptors (Lipinski definition) is 4. The van der Waals surface area contributed by atoms with Crippen LogP contribution in [0.15, 0.2) is 34.3 Å². The molecule has 0 aliphatic carbocycles. The van der Waals surface area contributed by atoms with Crippen molar-refractivity contribution in [2.24, 2.45) is 16.8 Å². The number of hydrogen-bond donors (Lipinski definition) is 2. The first-order valence-corrected chi connectivity index (χ1v) is 7.67. The largest absolute Gasteiger partial charge is 0.409 e. The van der Waals surface area contributed by atoms with Gasteiger partial charge in [0.25, 0.3) is 5.91 Å². The van der Waals surface area contributed by atoms with Crippen LogP contribution in [-0.4, -0.2) is 41.2 Å². The Morgan fingerprint density at radius 2 is 2.15 bits per heavy atom. The van der Waals surface area contributed by atoms with Gasteiger partial charge in [-0.25, -0.2) is 0 Å². The van der Waals surface area contributed by atoms with Gasteiger partial charge in [-0.2, -0.15) is 0 Å². The van der Waals surface area contributed by atoms with Crippen LogP contribution in [-0.2, 0) is 0 Å². The minimum absolute atomic E-state index is 0.0324. The van der Waals surface area contributed by atoms with Crippen LogP contribution in [0.25, 0.3) is 0 Å². The number of carbonyl (C=O) groups is 1. The normalized spacial score (nSPS) is 13.1. The van der Waals surface area contributed by atoms with Gasteiger partial charge in [-0.15, -0.1) is 11.8 Å². The SMILES string of the molecule is CCN(CC(C)C(N)=NO)C(=O)c1ccccc1SC. The van der Waals surface area contributed by atoms with Gasteiger partial charge in [0.1, 0.15) is 5.84 Å². The van der Waals surface area contributed by atoms with Gasteiger partial charge in [-0.3, -0.25) is 4.79 Å². The van der Waals surface area contributed by atoms with E-state index in [-0.39, 0.29) is 17.7 Å². The Balaban J connectivity index is 2.92. The van der Waals surface area contributed by atoms with Crippen molar-refractivity contribution < 1.29 is 10.0 Å². The minimum atomic E-state index is -0.189. The van der Waals surface area contributed by atoms with Crippen molar-refractivity contribution in [3.63, 3.8) is 0 Å². The fourth-order valence-electron chi connectivity index (χ4n) is 1.87. The summed E-state index contributed by atoms with van der Waals surface area (Å²) in [6.07, 6.45) is 1.95. The highest BCUT2D eigenvalue weighted by molar-refractivity contribution is 7.98. The van der Waals surface area contributed by atoms with Gasteiger partial charge in [0.15, 0.2) is 0 Å². The quantitative estimate of drug-likeness (QED) is 0.277. The highest BCUT2D eigenvalue weighted by Gasteiger charge is 2.20. The van der Waals surface area contributed by atoms with Crippen molar-refractivity contribution in [1.82, 2.24) is 4.90 Å². The Bertz CT molecular complexity index is 491. The number of carbonyl (C=O) groups excluding carboxylic acids is 1. The number of benzene rings is 1. The second kappa shape index (κ2) is 7.79. The molecular formula is C14H21N3O2S. The van der Waals surface area contributed by atoms with E-state index in [1.165, 1.54) is 0 Å². The van der Waals surface area contributed by atoms with Gasteiger partial charge < -0.3 is 15.8 Å². The average Bonchev–Trinajstić information content (AvgIpc) is 2.50. The number of nitrogens with zero attached hydrogens (tertiary/aromatic N) is 2. The van der Waals surface area contributed by atoms with Gasteiger partial charge in [0.05, 0.1) is 5.56 Å². The molecule has 6 heteroatoms. The van der Waals surface area contributed by atoms with E-state index in [9.17, 15) is 4.79 Å². The summed E-state index contributed by atoms with van der Waals surface area (Å²) in [5, 5.41) is 11.7. The van der Waals surface area contributed by atoms with Gasteiger partial charge >= 0.3 is 0 Å². The van der Waals surface area contributed by atoms with Crippen molar-refractivity contribution in [3.8, 4) is 0 Å². The summed E-state index contributed by atoms with van der Waals surface area (Å²) in [6, 6.07) is 7.52. The van der Waals surface area contributed by atoms with E-state index >= 15 is 0 Å². The van der Waals surface area contributed by atoms with Crippen LogP contribution in [0.2, 0.25) is 0 Å². The molecule has 1 amide bonds. The number of amidine groups is 1. The van der Waals surface area contributed by atoms with E-state index in [0.717, 1.165) is 4.90 Å². The first-order valence-electron chi connectivity index (χ1n) is 6.44. The third-order valence-corrected chi connectivity index (χ3v) is 3.92. The Labute approximate surface area is 123 Å². The molecule has 110 valence electrons. The molecule has 0 radical (unpaired) electrons. The van der Waals surface area contributed by atoms with Crippen molar-refractivity contribution in [1.29, 1.82) is 0 Å². The van der Waals surface area contributed by atoms with Gasteiger partial charge in [0.2, 0.25) is 0 Å². The second-order valence-corrected chi connectivity index (χ2v) is 5.32. The highest BCUT2D eigenvalue weighted by Crippen LogP contribution is 2.21. The molecule has 0 spiro atoms. The first-order chi connectivity index (χ1) is 9.54. The summed E-state index contributed by atoms with van der Waals surface area (Å²) in [5.41, 5.74) is 6.26. The minimum Gasteiger partial charge on any atom is -0.409 e. The highest BCUT2D eigenvalue weighted by atomic mass is 32.2. The molecule has 1 rings (SSSR count). The van der Waals surface area contributed by atoms with E-state index in [0.29, 0.717) is 18.7 Å². The fourth-order valence-corrected chi connectivity index (χ4v) is 2.46. The Morgan fingerprint density at radius 3 is 2.70 bits per heavy atom. The lowest BCUT2D eigenvalue weighted by Crippen LogP contribution is -2.39. The van der Waals surface area contributed by atoms with Gasteiger partial charge in [-0.1, -0.05) is 24.2 Å². The summed E-state index contributed by atoms with van der Waals surface area (Å²) < 4.78 is 0. The molecule has 3 N–H and O–H groups in total. The maximum atomic E-state index is 12.6. The first kappa shape index (κ1) is 16.4. The van der Waals surface area contributed by atoms with Crippen LogP contribution in [0, 0.1) is 5.92 Å². The summed E-state index contributed by atoms with van der Waals surface area (Å²) in [5.74, 6) is -0.0882. The van der Waals surface area contributed by atoms with E-state index < -0.39 is 0 Å². The molecule has 0 aliphatic rings. The number of thioether (sulfide) groups is 1. The Morgan fingerprint density at radius 1 is 1.50 bits per heavy atom. The molecule has 1 aromatic carbocycles. The smallest absolute Gasteiger partial charge is 0.255 e. The summed E-state index contributed by atoms with van der Waals surface area (Å²) in [7, 11) is 0. The number of rotatable bonds is 6. The van der Waals surface area contributed by atoms with E-state index in [2.05, 4.69) is 5.16 Å². The number of nitrogens with two attached hydrogens (primary N) is 1. The fraction of sp³-hybridized carbons (Fsp3) is 0.429. The van der Waals surface area contributed by atoms with Crippen molar-refractivity contribution in [2.45, 2.75) is 18.7 Å². The lowest BCUT2D eigenvalue weighted by atomic mass is 10.1. The maximum Gasteiger partial charge on any atom is 0.255 e. The third kappa shape index (κ3) is 3.90. The Kier molecular flexibility index (Phi) is 6.38. The lowest BCUT2D eigenvalue weighted by Gasteiger charge is -2.24. The average molecular weight is 295 g/mol. The molecular weight excluding hydrogens is 274 g/mol. The van der Waals surface area contributed by atoms with Crippen LogP contribution in [0.4, 0.5) is 0 Å². The second-order valence-electron chi connectivity index (χ2n) is 4.47. The topological polar surface area (TPSA) is 78.9 Å². The molecule has 0 fully saturated rings. The van der Waals surface area contributed by atoms with Crippen LogP contribution < -0.4 is 5.73 Å². The summed E-state index contributed by atoms with van der Waals surface area (Å²) in [4.78, 5) is 15.2. The maximum absolute atomic E-state index is 12.6.